The van der Waals surface area contributed by atoms with Gasteiger partial charge in [0.1, 0.15) is 5.75 Å². The van der Waals surface area contributed by atoms with E-state index in [1.54, 1.807) is 0 Å². The molecule has 0 bridgehead atoms. The van der Waals surface area contributed by atoms with Crippen LogP contribution in [0.4, 0.5) is 0 Å². The molecule has 1 N–H and O–H groups in total. The summed E-state index contributed by atoms with van der Waals surface area (Å²) in [6.07, 6.45) is 6.85. The standard InChI is InChI=1S/C19H31NO/c1-15(2)12-20-13-18-11-7-8-16(3)19(18)21-14-17-9-5-4-6-10-17/h7-8,11,15,17,20H,4-6,9-10,12-14H2,1-3H3. The molecular weight excluding hydrogens is 258 g/mol. The summed E-state index contributed by atoms with van der Waals surface area (Å²) in [6, 6.07) is 6.48. The number of benzene rings is 1. The van der Waals surface area contributed by atoms with Crippen LogP contribution in [-0.2, 0) is 6.54 Å². The van der Waals surface area contributed by atoms with Crippen molar-refractivity contribution in [1.82, 2.24) is 5.32 Å². The summed E-state index contributed by atoms with van der Waals surface area (Å²) in [5.41, 5.74) is 2.56. The summed E-state index contributed by atoms with van der Waals surface area (Å²) in [5.74, 6) is 2.55. The van der Waals surface area contributed by atoms with Crippen molar-refractivity contribution in [3.63, 3.8) is 0 Å². The maximum Gasteiger partial charge on any atom is 0.126 e. The van der Waals surface area contributed by atoms with E-state index in [-0.39, 0.29) is 0 Å². The second-order valence-electron chi connectivity index (χ2n) is 6.90. The zero-order valence-corrected chi connectivity index (χ0v) is 14.0. The number of rotatable bonds is 7. The highest BCUT2D eigenvalue weighted by Crippen LogP contribution is 2.28. The van der Waals surface area contributed by atoms with Crippen LogP contribution in [0.1, 0.15) is 57.1 Å². The van der Waals surface area contributed by atoms with Crippen LogP contribution in [0, 0.1) is 18.8 Å². The van der Waals surface area contributed by atoms with Crippen LogP contribution in [0.3, 0.4) is 0 Å². The summed E-state index contributed by atoms with van der Waals surface area (Å²) >= 11 is 0. The second kappa shape index (κ2) is 8.43. The van der Waals surface area contributed by atoms with E-state index in [4.69, 9.17) is 4.74 Å². The van der Waals surface area contributed by atoms with Gasteiger partial charge in [-0.05, 0) is 43.7 Å². The molecule has 0 aliphatic heterocycles. The van der Waals surface area contributed by atoms with E-state index in [1.807, 2.05) is 0 Å². The van der Waals surface area contributed by atoms with Gasteiger partial charge in [-0.2, -0.15) is 0 Å². The summed E-state index contributed by atoms with van der Waals surface area (Å²) < 4.78 is 6.22. The number of hydrogen-bond donors (Lipinski definition) is 1. The first kappa shape index (κ1) is 16.4. The van der Waals surface area contributed by atoms with Crippen LogP contribution in [0.25, 0.3) is 0 Å². The minimum atomic E-state index is 0.682. The summed E-state index contributed by atoms with van der Waals surface area (Å²) in [4.78, 5) is 0. The molecule has 2 heteroatoms. The van der Waals surface area contributed by atoms with Crippen molar-refractivity contribution in [2.24, 2.45) is 11.8 Å². The maximum absolute atomic E-state index is 6.22. The molecule has 0 radical (unpaired) electrons. The third-order valence-corrected chi connectivity index (χ3v) is 4.35. The first-order valence-corrected chi connectivity index (χ1v) is 8.59. The smallest absolute Gasteiger partial charge is 0.126 e. The molecule has 21 heavy (non-hydrogen) atoms. The van der Waals surface area contributed by atoms with Gasteiger partial charge in [0.15, 0.2) is 0 Å². The highest BCUT2D eigenvalue weighted by molar-refractivity contribution is 5.40. The molecule has 0 amide bonds. The third-order valence-electron chi connectivity index (χ3n) is 4.35. The van der Waals surface area contributed by atoms with Crippen LogP contribution in [-0.4, -0.2) is 13.2 Å². The topological polar surface area (TPSA) is 21.3 Å². The highest BCUT2D eigenvalue weighted by atomic mass is 16.5. The summed E-state index contributed by atoms with van der Waals surface area (Å²) in [7, 11) is 0. The second-order valence-corrected chi connectivity index (χ2v) is 6.90. The van der Waals surface area contributed by atoms with Crippen molar-refractivity contribution in [3.8, 4) is 5.75 Å². The van der Waals surface area contributed by atoms with Crippen LogP contribution in [0.15, 0.2) is 18.2 Å². The molecule has 0 atom stereocenters. The Bertz CT molecular complexity index is 422. The Kier molecular flexibility index (Phi) is 6.56. The average molecular weight is 289 g/mol. The lowest BCUT2D eigenvalue weighted by Gasteiger charge is -2.23. The molecule has 2 nitrogen and oxygen atoms in total. The average Bonchev–Trinajstić information content (AvgIpc) is 2.47. The van der Waals surface area contributed by atoms with E-state index in [9.17, 15) is 0 Å². The monoisotopic (exact) mass is 289 g/mol. The zero-order chi connectivity index (χ0) is 15.1. The third kappa shape index (κ3) is 5.35. The lowest BCUT2D eigenvalue weighted by Crippen LogP contribution is -2.20. The summed E-state index contributed by atoms with van der Waals surface area (Å²) in [5, 5.41) is 3.53. The molecule has 1 fully saturated rings. The van der Waals surface area contributed by atoms with Gasteiger partial charge in [0.25, 0.3) is 0 Å². The normalized spacial score (nSPS) is 16.4. The van der Waals surface area contributed by atoms with Crippen molar-refractivity contribution < 1.29 is 4.74 Å². The lowest BCUT2D eigenvalue weighted by atomic mass is 9.90. The summed E-state index contributed by atoms with van der Waals surface area (Å²) in [6.45, 7) is 9.48. The van der Waals surface area contributed by atoms with Crippen LogP contribution >= 0.6 is 0 Å². The molecule has 1 aromatic carbocycles. The molecule has 118 valence electrons. The zero-order valence-electron chi connectivity index (χ0n) is 14.0. The Morgan fingerprint density at radius 2 is 1.95 bits per heavy atom. The number of ether oxygens (including phenoxy) is 1. The number of aryl methyl sites for hydroxylation is 1. The van der Waals surface area contributed by atoms with E-state index < -0.39 is 0 Å². The Balaban J connectivity index is 1.92. The fourth-order valence-corrected chi connectivity index (χ4v) is 3.11. The molecule has 2 rings (SSSR count). The number of nitrogens with one attached hydrogen (secondary N) is 1. The molecule has 1 aromatic rings. The van der Waals surface area contributed by atoms with Gasteiger partial charge < -0.3 is 10.1 Å². The molecule has 0 spiro atoms. The SMILES string of the molecule is Cc1cccc(CNCC(C)C)c1OCC1CCCCC1. The van der Waals surface area contributed by atoms with Crippen LogP contribution in [0.5, 0.6) is 5.75 Å². The molecule has 0 saturated heterocycles. The first-order valence-electron chi connectivity index (χ1n) is 8.59. The molecule has 1 saturated carbocycles. The Morgan fingerprint density at radius 3 is 2.67 bits per heavy atom. The van der Waals surface area contributed by atoms with Crippen molar-refractivity contribution in [2.75, 3.05) is 13.2 Å². The molecule has 0 aromatic heterocycles. The van der Waals surface area contributed by atoms with Gasteiger partial charge in [-0.3, -0.25) is 0 Å². The van der Waals surface area contributed by atoms with Gasteiger partial charge >= 0.3 is 0 Å². The fraction of sp³-hybridized carbons (Fsp3) is 0.684. The van der Waals surface area contributed by atoms with Crippen LogP contribution < -0.4 is 10.1 Å². The highest BCUT2D eigenvalue weighted by Gasteiger charge is 2.15. The van der Waals surface area contributed by atoms with Crippen molar-refractivity contribution >= 4 is 0 Å². The van der Waals surface area contributed by atoms with E-state index in [0.717, 1.165) is 31.4 Å². The van der Waals surface area contributed by atoms with E-state index in [0.29, 0.717) is 5.92 Å². The first-order chi connectivity index (χ1) is 10.2. The Morgan fingerprint density at radius 1 is 1.19 bits per heavy atom. The van der Waals surface area contributed by atoms with Crippen molar-refractivity contribution in [3.05, 3.63) is 29.3 Å². The van der Waals surface area contributed by atoms with E-state index >= 15 is 0 Å². The maximum atomic E-state index is 6.22. The van der Waals surface area contributed by atoms with Crippen molar-refractivity contribution in [1.29, 1.82) is 0 Å². The van der Waals surface area contributed by atoms with Gasteiger partial charge in [-0.1, -0.05) is 51.3 Å². The van der Waals surface area contributed by atoms with E-state index in [2.05, 4.69) is 44.3 Å². The minimum absolute atomic E-state index is 0.682. The van der Waals surface area contributed by atoms with Crippen LogP contribution in [0.2, 0.25) is 0 Å². The predicted octanol–water partition coefficient (Wildman–Crippen LogP) is 4.70. The lowest BCUT2D eigenvalue weighted by molar-refractivity contribution is 0.206. The Hall–Kier alpha value is -1.02. The van der Waals surface area contributed by atoms with Gasteiger partial charge in [0, 0.05) is 12.1 Å². The predicted molar refractivity (Wildman–Crippen MR) is 89.8 cm³/mol. The Labute approximate surface area is 130 Å². The fourth-order valence-electron chi connectivity index (χ4n) is 3.11. The molecule has 1 aliphatic rings. The van der Waals surface area contributed by atoms with Gasteiger partial charge in [-0.25, -0.2) is 0 Å². The van der Waals surface area contributed by atoms with Gasteiger partial charge in [0.05, 0.1) is 6.61 Å². The number of para-hydroxylation sites is 1. The van der Waals surface area contributed by atoms with Gasteiger partial charge in [0.2, 0.25) is 0 Å². The molecule has 1 aliphatic carbocycles. The molecular formula is C19H31NO. The minimum Gasteiger partial charge on any atom is -0.493 e. The molecule has 0 heterocycles. The largest absolute Gasteiger partial charge is 0.493 e. The number of hydrogen-bond acceptors (Lipinski definition) is 2. The van der Waals surface area contributed by atoms with Gasteiger partial charge in [-0.15, -0.1) is 0 Å². The van der Waals surface area contributed by atoms with Crippen molar-refractivity contribution in [2.45, 2.75) is 59.4 Å². The quantitative estimate of drug-likeness (QED) is 0.785. The van der Waals surface area contributed by atoms with E-state index in [1.165, 1.54) is 43.2 Å². The molecule has 0 unspecified atom stereocenters.